The van der Waals surface area contributed by atoms with E-state index in [2.05, 4.69) is 11.1 Å². The fourth-order valence-corrected chi connectivity index (χ4v) is 3.30. The van der Waals surface area contributed by atoms with E-state index < -0.39 is 29.6 Å². The zero-order chi connectivity index (χ0) is 24.1. The highest BCUT2D eigenvalue weighted by molar-refractivity contribution is 5.74. The lowest BCUT2D eigenvalue weighted by molar-refractivity contribution is -0.385. The second kappa shape index (κ2) is 10.4. The summed E-state index contributed by atoms with van der Waals surface area (Å²) < 4.78 is 58.0. The number of benzene rings is 2. The Labute approximate surface area is 187 Å². The summed E-state index contributed by atoms with van der Waals surface area (Å²) in [5, 5.41) is 11.9. The number of nitrogens with zero attached hydrogens (tertiary/aromatic N) is 3. The summed E-state index contributed by atoms with van der Waals surface area (Å²) >= 11 is 0. The van der Waals surface area contributed by atoms with Gasteiger partial charge in [-0.05, 0) is 56.1 Å². The predicted octanol–water partition coefficient (Wildman–Crippen LogP) is 5.03. The molecule has 0 spiro atoms. The summed E-state index contributed by atoms with van der Waals surface area (Å²) in [5.41, 5.74) is 0.395. The largest absolute Gasteiger partial charge is 0.486 e. The van der Waals surface area contributed by atoms with Crippen LogP contribution >= 0.6 is 0 Å². The average molecular weight is 462 g/mol. The molecule has 6 nitrogen and oxygen atoms in total. The molecule has 1 aromatic heterocycles. The molecule has 0 aliphatic rings. The van der Waals surface area contributed by atoms with Gasteiger partial charge in [0.15, 0.2) is 0 Å². The minimum absolute atomic E-state index is 0.0753. The van der Waals surface area contributed by atoms with Crippen LogP contribution in [0.3, 0.4) is 0 Å². The van der Waals surface area contributed by atoms with E-state index in [-0.39, 0.29) is 46.8 Å². The van der Waals surface area contributed by atoms with Crippen molar-refractivity contribution < 1.29 is 27.2 Å². The number of hydrogen-bond acceptors (Lipinski definition) is 5. The monoisotopic (exact) mass is 462 g/mol. The third-order valence-electron chi connectivity index (χ3n) is 4.65. The Morgan fingerprint density at radius 1 is 1.18 bits per heavy atom. The number of pyridine rings is 1. The molecule has 0 bridgehead atoms. The number of hydrogen-bond donors (Lipinski definition) is 0. The maximum absolute atomic E-state index is 14.2. The van der Waals surface area contributed by atoms with Crippen molar-refractivity contribution in [3.05, 3.63) is 87.1 Å². The summed E-state index contributed by atoms with van der Waals surface area (Å²) in [5.74, 6) is -1.40. The molecule has 33 heavy (non-hydrogen) atoms. The van der Waals surface area contributed by atoms with Gasteiger partial charge < -0.3 is 9.64 Å². The highest BCUT2D eigenvalue weighted by Gasteiger charge is 2.25. The number of alkyl halides is 2. The van der Waals surface area contributed by atoms with Crippen LogP contribution in [-0.4, -0.2) is 41.9 Å². The van der Waals surface area contributed by atoms with E-state index in [1.54, 1.807) is 19.0 Å². The standard InChI is InChI=1S/C23H20F4N3O3/c1-29(2)12-15-8-14(9-17-19(24)4-3-5-20(17)25)10-18(23(15)30(31)32)21-7-6-16(11-28-21)33-13-22(26)27/h3-7,10-11,22H,9,12-13H2,1-2H3. The predicted molar refractivity (Wildman–Crippen MR) is 113 cm³/mol. The molecule has 0 saturated carbocycles. The Morgan fingerprint density at radius 3 is 2.42 bits per heavy atom. The van der Waals surface area contributed by atoms with Crippen LogP contribution in [0.5, 0.6) is 5.75 Å². The van der Waals surface area contributed by atoms with E-state index in [9.17, 15) is 27.7 Å². The Kier molecular flexibility index (Phi) is 7.59. The molecule has 0 saturated heterocycles. The van der Waals surface area contributed by atoms with Gasteiger partial charge in [-0.15, -0.1) is 0 Å². The minimum atomic E-state index is -2.66. The first-order valence-electron chi connectivity index (χ1n) is 9.83. The number of rotatable bonds is 9. The van der Waals surface area contributed by atoms with Crippen LogP contribution in [0.2, 0.25) is 0 Å². The molecule has 0 atom stereocenters. The van der Waals surface area contributed by atoms with Crippen LogP contribution in [0.25, 0.3) is 11.3 Å². The summed E-state index contributed by atoms with van der Waals surface area (Å²) in [6.07, 6.45) is -1.66. The minimum Gasteiger partial charge on any atom is -0.486 e. The van der Waals surface area contributed by atoms with E-state index in [1.165, 1.54) is 30.5 Å². The topological polar surface area (TPSA) is 68.5 Å². The zero-order valence-corrected chi connectivity index (χ0v) is 17.8. The fraction of sp³-hybridized carbons (Fsp3) is 0.261. The summed E-state index contributed by atoms with van der Waals surface area (Å²) in [4.78, 5) is 17.2. The molecule has 0 aliphatic carbocycles. The second-order valence-corrected chi connectivity index (χ2v) is 7.49. The molecule has 3 aromatic rings. The fourth-order valence-electron chi connectivity index (χ4n) is 3.30. The first-order chi connectivity index (χ1) is 15.7. The number of halogens is 4. The van der Waals surface area contributed by atoms with Gasteiger partial charge in [0.05, 0.1) is 27.9 Å². The van der Waals surface area contributed by atoms with Gasteiger partial charge >= 0.3 is 0 Å². The lowest BCUT2D eigenvalue weighted by Crippen LogP contribution is -2.14. The van der Waals surface area contributed by atoms with Crippen LogP contribution in [0.15, 0.2) is 42.6 Å². The number of ether oxygens (including phenoxy) is 1. The van der Waals surface area contributed by atoms with Crippen LogP contribution in [-0.2, 0) is 13.0 Å². The molecule has 0 unspecified atom stereocenters. The molecule has 1 heterocycles. The highest BCUT2D eigenvalue weighted by Crippen LogP contribution is 2.35. The summed E-state index contributed by atoms with van der Waals surface area (Å²) in [6.45, 7) is -0.667. The van der Waals surface area contributed by atoms with Gasteiger partial charge in [0.2, 0.25) is 0 Å². The number of nitro groups is 1. The summed E-state index contributed by atoms with van der Waals surface area (Å²) in [6, 6.07) is 10.6. The molecular weight excluding hydrogens is 442 g/mol. The smallest absolute Gasteiger partial charge is 0.283 e. The maximum atomic E-state index is 14.2. The Bertz CT molecular complexity index is 1120. The van der Waals surface area contributed by atoms with Crippen LogP contribution in [0.4, 0.5) is 23.2 Å². The lowest BCUT2D eigenvalue weighted by Gasteiger charge is -2.15. The second-order valence-electron chi connectivity index (χ2n) is 7.49. The molecule has 0 aliphatic heterocycles. The number of aromatic nitrogens is 1. The maximum Gasteiger partial charge on any atom is 0.283 e. The molecule has 3 rings (SSSR count). The van der Waals surface area contributed by atoms with Crippen molar-refractivity contribution in [2.45, 2.75) is 19.4 Å². The molecule has 173 valence electrons. The molecule has 0 amide bonds. The highest BCUT2D eigenvalue weighted by atomic mass is 19.3. The van der Waals surface area contributed by atoms with Gasteiger partial charge in [-0.2, -0.15) is 0 Å². The van der Waals surface area contributed by atoms with Crippen molar-refractivity contribution in [2.75, 3.05) is 20.7 Å². The lowest BCUT2D eigenvalue weighted by atomic mass is 9.95. The van der Waals surface area contributed by atoms with Gasteiger partial charge in [-0.3, -0.25) is 15.1 Å². The van der Waals surface area contributed by atoms with Crippen LogP contribution < -0.4 is 4.74 Å². The molecule has 0 fully saturated rings. The zero-order valence-electron chi connectivity index (χ0n) is 17.8. The third kappa shape index (κ3) is 6.04. The van der Waals surface area contributed by atoms with Gasteiger partial charge in [-0.1, -0.05) is 6.07 Å². The Morgan fingerprint density at radius 2 is 1.88 bits per heavy atom. The first kappa shape index (κ1) is 24.1. The molecule has 0 N–H and O–H groups in total. The average Bonchev–Trinajstić information content (AvgIpc) is 2.74. The van der Waals surface area contributed by atoms with Crippen molar-refractivity contribution in [3.63, 3.8) is 0 Å². The van der Waals surface area contributed by atoms with Crippen molar-refractivity contribution in [3.8, 4) is 17.0 Å². The molecule has 1 radical (unpaired) electrons. The van der Waals surface area contributed by atoms with Crippen molar-refractivity contribution in [1.82, 2.24) is 9.88 Å². The van der Waals surface area contributed by atoms with E-state index in [0.717, 1.165) is 12.1 Å². The van der Waals surface area contributed by atoms with Crippen molar-refractivity contribution >= 4 is 5.69 Å². The molecule has 10 heteroatoms. The van der Waals surface area contributed by atoms with Crippen molar-refractivity contribution in [2.24, 2.45) is 0 Å². The van der Waals surface area contributed by atoms with Crippen LogP contribution in [0, 0.1) is 27.8 Å². The Hall–Kier alpha value is -3.53. The van der Waals surface area contributed by atoms with Gasteiger partial charge in [0, 0.05) is 18.5 Å². The molecular formula is C23H20F4N3O3. The first-order valence-corrected chi connectivity index (χ1v) is 9.83. The van der Waals surface area contributed by atoms with E-state index in [1.807, 2.05) is 0 Å². The third-order valence-corrected chi connectivity index (χ3v) is 4.65. The van der Waals surface area contributed by atoms with Gasteiger partial charge in [0.25, 0.3) is 12.1 Å². The number of nitro benzene ring substituents is 1. The van der Waals surface area contributed by atoms with E-state index in [0.29, 0.717) is 5.56 Å². The van der Waals surface area contributed by atoms with Crippen LogP contribution in [0.1, 0.15) is 16.7 Å². The molecule has 2 aromatic carbocycles. The Balaban J connectivity index is 2.10. The SMILES string of the molecule is CN(C)Cc1[c]c(Cc2c(F)cccc2F)cc(-c2ccc(OCC(F)F)cn2)c1[N+](=O)[O-]. The normalized spacial score (nSPS) is 11.3. The van der Waals surface area contributed by atoms with Gasteiger partial charge in [0.1, 0.15) is 24.0 Å². The van der Waals surface area contributed by atoms with E-state index in [4.69, 9.17) is 4.74 Å². The summed E-state index contributed by atoms with van der Waals surface area (Å²) in [7, 11) is 3.43. The van der Waals surface area contributed by atoms with E-state index >= 15 is 0 Å². The van der Waals surface area contributed by atoms with Crippen molar-refractivity contribution in [1.29, 1.82) is 0 Å². The van der Waals surface area contributed by atoms with Gasteiger partial charge in [-0.25, -0.2) is 17.6 Å². The quantitative estimate of drug-likeness (QED) is 0.253.